The number of halogens is 3. The molecule has 0 fully saturated rings. The van der Waals surface area contributed by atoms with E-state index in [4.69, 9.17) is 9.84 Å². The summed E-state index contributed by atoms with van der Waals surface area (Å²) in [4.78, 5) is 22.7. The Morgan fingerprint density at radius 2 is 2.00 bits per heavy atom. The fraction of sp³-hybridized carbons (Fsp3) is 0.818. The molecule has 9 heteroatoms. The fourth-order valence-electron chi connectivity index (χ4n) is 1.49. The van der Waals surface area contributed by atoms with Crippen LogP contribution in [0, 0.1) is 0 Å². The van der Waals surface area contributed by atoms with E-state index in [-0.39, 0.29) is 19.5 Å². The molecule has 0 radical (unpaired) electrons. The molecule has 1 unspecified atom stereocenters. The van der Waals surface area contributed by atoms with Crippen LogP contribution >= 0.6 is 0 Å². The summed E-state index contributed by atoms with van der Waals surface area (Å²) in [5, 5.41) is 10.8. The van der Waals surface area contributed by atoms with Crippen molar-refractivity contribution in [3.05, 3.63) is 0 Å². The minimum absolute atomic E-state index is 0.0398. The van der Waals surface area contributed by atoms with E-state index in [0.717, 1.165) is 0 Å². The molecule has 0 bridgehead atoms. The van der Waals surface area contributed by atoms with Crippen molar-refractivity contribution in [2.45, 2.75) is 32.0 Å². The highest BCUT2D eigenvalue weighted by molar-refractivity contribution is 5.74. The summed E-state index contributed by atoms with van der Waals surface area (Å²) >= 11 is 0. The van der Waals surface area contributed by atoms with Gasteiger partial charge < -0.3 is 20.1 Å². The highest BCUT2D eigenvalue weighted by Crippen LogP contribution is 2.16. The third-order valence-electron chi connectivity index (χ3n) is 2.37. The minimum Gasteiger partial charge on any atom is -0.481 e. The van der Waals surface area contributed by atoms with Gasteiger partial charge in [-0.2, -0.15) is 13.2 Å². The van der Waals surface area contributed by atoms with Crippen LogP contribution < -0.4 is 5.32 Å². The standard InChI is InChI=1S/C11H19F3N2O4/c1-3-4-16(7-11(12,13)14)10(19)15-6-8(20-2)5-9(17)18/h8H,3-7H2,1-2H3,(H,15,19)(H,17,18). The zero-order valence-corrected chi connectivity index (χ0v) is 11.4. The van der Waals surface area contributed by atoms with E-state index in [1.807, 2.05) is 0 Å². The first-order chi connectivity index (χ1) is 9.19. The van der Waals surface area contributed by atoms with E-state index in [1.54, 1.807) is 6.92 Å². The largest absolute Gasteiger partial charge is 0.481 e. The van der Waals surface area contributed by atoms with Crippen molar-refractivity contribution in [1.29, 1.82) is 0 Å². The Kier molecular flexibility index (Phi) is 7.97. The van der Waals surface area contributed by atoms with Crippen LogP contribution in [0.15, 0.2) is 0 Å². The van der Waals surface area contributed by atoms with Crippen LogP contribution in [0.4, 0.5) is 18.0 Å². The number of methoxy groups -OCH3 is 1. The maximum Gasteiger partial charge on any atom is 0.406 e. The predicted octanol–water partition coefficient (Wildman–Crippen LogP) is 1.46. The van der Waals surface area contributed by atoms with Crippen molar-refractivity contribution in [2.24, 2.45) is 0 Å². The van der Waals surface area contributed by atoms with Crippen molar-refractivity contribution in [3.8, 4) is 0 Å². The summed E-state index contributed by atoms with van der Waals surface area (Å²) in [6, 6.07) is -0.892. The summed E-state index contributed by atoms with van der Waals surface area (Å²) in [7, 11) is 1.26. The number of carboxylic acid groups (broad SMARTS) is 1. The fourth-order valence-corrected chi connectivity index (χ4v) is 1.49. The summed E-state index contributed by atoms with van der Waals surface area (Å²) in [5.74, 6) is -1.12. The van der Waals surface area contributed by atoms with Gasteiger partial charge in [-0.1, -0.05) is 6.92 Å². The van der Waals surface area contributed by atoms with Crippen LogP contribution in [-0.4, -0.2) is 61.0 Å². The minimum atomic E-state index is -4.48. The zero-order chi connectivity index (χ0) is 15.8. The molecule has 2 amide bonds. The normalized spacial score (nSPS) is 12.8. The number of ether oxygens (including phenoxy) is 1. The number of nitrogens with one attached hydrogen (secondary N) is 1. The lowest BCUT2D eigenvalue weighted by Crippen LogP contribution is -2.47. The number of urea groups is 1. The van der Waals surface area contributed by atoms with E-state index in [1.165, 1.54) is 7.11 Å². The Hall–Kier alpha value is -1.51. The molecule has 0 aromatic carbocycles. The van der Waals surface area contributed by atoms with Gasteiger partial charge in [0.2, 0.25) is 0 Å². The summed E-state index contributed by atoms with van der Waals surface area (Å²) in [6.45, 7) is 0.101. The third-order valence-corrected chi connectivity index (χ3v) is 2.37. The molecule has 0 saturated carbocycles. The van der Waals surface area contributed by atoms with Gasteiger partial charge in [0.05, 0.1) is 12.5 Å². The number of carbonyl (C=O) groups is 2. The van der Waals surface area contributed by atoms with E-state index >= 15 is 0 Å². The number of rotatable bonds is 8. The Balaban J connectivity index is 4.41. The molecule has 0 saturated heterocycles. The first kappa shape index (κ1) is 18.5. The lowest BCUT2D eigenvalue weighted by Gasteiger charge is -2.24. The summed E-state index contributed by atoms with van der Waals surface area (Å²) in [5.41, 5.74) is 0. The molecule has 0 spiro atoms. The van der Waals surface area contributed by atoms with Crippen LogP contribution in [0.5, 0.6) is 0 Å². The van der Waals surface area contributed by atoms with Crippen LogP contribution in [0.3, 0.4) is 0 Å². The van der Waals surface area contributed by atoms with E-state index in [0.29, 0.717) is 11.3 Å². The van der Waals surface area contributed by atoms with Gasteiger partial charge in [-0.05, 0) is 6.42 Å². The molecule has 0 aliphatic heterocycles. The van der Waals surface area contributed by atoms with Gasteiger partial charge in [-0.15, -0.1) is 0 Å². The molecule has 6 nitrogen and oxygen atoms in total. The molecule has 20 heavy (non-hydrogen) atoms. The third kappa shape index (κ3) is 8.57. The number of hydrogen-bond acceptors (Lipinski definition) is 3. The molecule has 0 heterocycles. The molecule has 0 aromatic rings. The van der Waals surface area contributed by atoms with E-state index in [9.17, 15) is 22.8 Å². The SMILES string of the molecule is CCCN(CC(F)(F)F)C(=O)NCC(CC(=O)O)OC. The molecular formula is C11H19F3N2O4. The summed E-state index contributed by atoms with van der Waals surface area (Å²) < 4.78 is 41.7. The molecule has 0 aliphatic carbocycles. The second-order valence-corrected chi connectivity index (χ2v) is 4.18. The van der Waals surface area contributed by atoms with Gasteiger partial charge in [0.15, 0.2) is 0 Å². The van der Waals surface area contributed by atoms with Crippen molar-refractivity contribution >= 4 is 12.0 Å². The van der Waals surface area contributed by atoms with Gasteiger partial charge >= 0.3 is 18.2 Å². The topological polar surface area (TPSA) is 78.9 Å². The van der Waals surface area contributed by atoms with Crippen LogP contribution in [0.2, 0.25) is 0 Å². The van der Waals surface area contributed by atoms with E-state index in [2.05, 4.69) is 5.32 Å². The Morgan fingerprint density at radius 3 is 2.40 bits per heavy atom. The molecule has 0 aromatic heterocycles. The first-order valence-electron chi connectivity index (χ1n) is 6.03. The highest BCUT2D eigenvalue weighted by atomic mass is 19.4. The van der Waals surface area contributed by atoms with Gasteiger partial charge in [-0.3, -0.25) is 4.79 Å². The Bertz CT molecular complexity index is 323. The molecule has 1 atom stereocenters. The molecule has 0 aliphatic rings. The van der Waals surface area contributed by atoms with Crippen molar-refractivity contribution in [2.75, 3.05) is 26.7 Å². The van der Waals surface area contributed by atoms with Crippen LogP contribution in [-0.2, 0) is 9.53 Å². The lowest BCUT2D eigenvalue weighted by atomic mass is 10.2. The maximum absolute atomic E-state index is 12.3. The number of nitrogens with zero attached hydrogens (tertiary/aromatic N) is 1. The smallest absolute Gasteiger partial charge is 0.406 e. The monoisotopic (exact) mass is 300 g/mol. The lowest BCUT2D eigenvalue weighted by molar-refractivity contribution is -0.140. The van der Waals surface area contributed by atoms with Gasteiger partial charge in [0.25, 0.3) is 0 Å². The van der Waals surface area contributed by atoms with Gasteiger partial charge in [0.1, 0.15) is 6.54 Å². The highest BCUT2D eigenvalue weighted by Gasteiger charge is 2.32. The van der Waals surface area contributed by atoms with Crippen LogP contribution in [0.1, 0.15) is 19.8 Å². The van der Waals surface area contributed by atoms with E-state index < -0.39 is 30.8 Å². The number of carbonyl (C=O) groups excluding carboxylic acids is 1. The molecule has 118 valence electrons. The zero-order valence-electron chi connectivity index (χ0n) is 11.4. The average molecular weight is 300 g/mol. The molecule has 0 rings (SSSR count). The first-order valence-corrected chi connectivity index (χ1v) is 6.03. The van der Waals surface area contributed by atoms with Crippen molar-refractivity contribution in [3.63, 3.8) is 0 Å². The predicted molar refractivity (Wildman–Crippen MR) is 64.4 cm³/mol. The van der Waals surface area contributed by atoms with Gasteiger partial charge in [0, 0.05) is 20.2 Å². The van der Waals surface area contributed by atoms with Gasteiger partial charge in [-0.25, -0.2) is 4.79 Å². The Morgan fingerprint density at radius 1 is 1.40 bits per heavy atom. The molecule has 2 N–H and O–H groups in total. The number of amides is 2. The van der Waals surface area contributed by atoms with Crippen molar-refractivity contribution < 1.29 is 32.6 Å². The quantitative estimate of drug-likeness (QED) is 0.711. The second-order valence-electron chi connectivity index (χ2n) is 4.18. The van der Waals surface area contributed by atoms with Crippen LogP contribution in [0.25, 0.3) is 0 Å². The second kappa shape index (κ2) is 8.62. The number of aliphatic carboxylic acids is 1. The molecular weight excluding hydrogens is 281 g/mol. The average Bonchev–Trinajstić information content (AvgIpc) is 2.31. The summed E-state index contributed by atoms with van der Waals surface area (Å²) in [6.07, 6.45) is -5.23. The Labute approximate surface area is 114 Å². The maximum atomic E-state index is 12.3. The number of hydrogen-bond donors (Lipinski definition) is 2. The number of alkyl halides is 3. The van der Waals surface area contributed by atoms with Crippen molar-refractivity contribution in [1.82, 2.24) is 10.2 Å². The number of carboxylic acids is 1.